The summed E-state index contributed by atoms with van der Waals surface area (Å²) in [5, 5.41) is 7.85. The van der Waals surface area contributed by atoms with Crippen LogP contribution in [0.15, 0.2) is 12.3 Å². The van der Waals surface area contributed by atoms with Gasteiger partial charge < -0.3 is 0 Å². The van der Waals surface area contributed by atoms with Gasteiger partial charge >= 0.3 is 0 Å². The summed E-state index contributed by atoms with van der Waals surface area (Å²) >= 11 is 0. The van der Waals surface area contributed by atoms with E-state index in [1.807, 2.05) is 23.6 Å². The van der Waals surface area contributed by atoms with Crippen LogP contribution in [-0.4, -0.2) is 19.6 Å². The van der Waals surface area contributed by atoms with Gasteiger partial charge in [-0.1, -0.05) is 6.92 Å². The van der Waals surface area contributed by atoms with Crippen molar-refractivity contribution >= 4 is 5.78 Å². The lowest BCUT2D eigenvalue weighted by molar-refractivity contribution is 0.974. The standard InChI is InChI=1S/C8H10N4/c1-3-7-4-5-12-6(2)10-11-8(12)9-7/h4-5H,3H2,1-2H3. The lowest BCUT2D eigenvalue weighted by Gasteiger charge is -1.95. The molecule has 2 rings (SSSR count). The molecule has 0 aliphatic heterocycles. The summed E-state index contributed by atoms with van der Waals surface area (Å²) in [5.41, 5.74) is 1.05. The Hall–Kier alpha value is -1.45. The first-order valence-electron chi connectivity index (χ1n) is 3.98. The molecule has 2 aromatic heterocycles. The molecule has 0 bridgehead atoms. The van der Waals surface area contributed by atoms with Crippen LogP contribution in [0, 0.1) is 6.92 Å². The number of aryl methyl sites for hydroxylation is 2. The van der Waals surface area contributed by atoms with E-state index in [0.717, 1.165) is 17.9 Å². The highest BCUT2D eigenvalue weighted by Gasteiger charge is 2.00. The summed E-state index contributed by atoms with van der Waals surface area (Å²) in [5.74, 6) is 1.56. The third-order valence-electron chi connectivity index (χ3n) is 1.87. The van der Waals surface area contributed by atoms with E-state index in [1.54, 1.807) is 0 Å². The van der Waals surface area contributed by atoms with Crippen molar-refractivity contribution in [3.63, 3.8) is 0 Å². The Balaban J connectivity index is 2.69. The van der Waals surface area contributed by atoms with E-state index in [0.29, 0.717) is 5.78 Å². The van der Waals surface area contributed by atoms with E-state index < -0.39 is 0 Å². The van der Waals surface area contributed by atoms with E-state index >= 15 is 0 Å². The Morgan fingerprint density at radius 3 is 3.00 bits per heavy atom. The van der Waals surface area contributed by atoms with Gasteiger partial charge in [0.25, 0.3) is 5.78 Å². The number of hydrogen-bond donors (Lipinski definition) is 0. The molecule has 0 spiro atoms. The average molecular weight is 162 g/mol. The van der Waals surface area contributed by atoms with E-state index in [-0.39, 0.29) is 0 Å². The fraction of sp³-hybridized carbons (Fsp3) is 0.375. The van der Waals surface area contributed by atoms with Crippen LogP contribution in [0.4, 0.5) is 0 Å². The lowest BCUT2D eigenvalue weighted by atomic mass is 10.3. The molecule has 12 heavy (non-hydrogen) atoms. The highest BCUT2D eigenvalue weighted by atomic mass is 15.3. The molecule has 2 aromatic rings. The first kappa shape index (κ1) is 7.21. The number of fused-ring (bicyclic) bond motifs is 1. The van der Waals surface area contributed by atoms with E-state index in [4.69, 9.17) is 0 Å². The van der Waals surface area contributed by atoms with Gasteiger partial charge in [-0.25, -0.2) is 4.98 Å². The zero-order chi connectivity index (χ0) is 8.55. The van der Waals surface area contributed by atoms with Gasteiger partial charge in [-0.3, -0.25) is 4.40 Å². The molecule has 0 atom stereocenters. The molecule has 4 heteroatoms. The largest absolute Gasteiger partial charge is 0.271 e. The summed E-state index contributed by atoms with van der Waals surface area (Å²) < 4.78 is 1.87. The molecule has 0 aliphatic carbocycles. The molecule has 2 heterocycles. The summed E-state index contributed by atoms with van der Waals surface area (Å²) in [4.78, 5) is 4.30. The summed E-state index contributed by atoms with van der Waals surface area (Å²) in [6.07, 6.45) is 2.89. The minimum atomic E-state index is 0.687. The maximum atomic E-state index is 4.30. The highest BCUT2D eigenvalue weighted by Crippen LogP contribution is 2.01. The Bertz CT molecular complexity index is 404. The smallest absolute Gasteiger partial charge is 0.255 e. The van der Waals surface area contributed by atoms with Gasteiger partial charge in [0, 0.05) is 11.9 Å². The molecule has 0 radical (unpaired) electrons. The van der Waals surface area contributed by atoms with Crippen molar-refractivity contribution < 1.29 is 0 Å². The van der Waals surface area contributed by atoms with Crippen LogP contribution < -0.4 is 0 Å². The molecule has 0 saturated heterocycles. The molecule has 0 N–H and O–H groups in total. The van der Waals surface area contributed by atoms with Crippen molar-refractivity contribution in [3.05, 3.63) is 23.8 Å². The molecule has 62 valence electrons. The predicted octanol–water partition coefficient (Wildman–Crippen LogP) is 0.995. The van der Waals surface area contributed by atoms with Crippen LogP contribution in [0.25, 0.3) is 5.78 Å². The van der Waals surface area contributed by atoms with E-state index in [9.17, 15) is 0 Å². The fourth-order valence-electron chi connectivity index (χ4n) is 1.13. The second-order valence-electron chi connectivity index (χ2n) is 2.69. The van der Waals surface area contributed by atoms with Crippen molar-refractivity contribution in [2.45, 2.75) is 20.3 Å². The SMILES string of the molecule is CCc1ccn2c(C)nnc2n1. The first-order valence-corrected chi connectivity index (χ1v) is 3.98. The monoisotopic (exact) mass is 162 g/mol. The average Bonchev–Trinajstić information content (AvgIpc) is 2.47. The van der Waals surface area contributed by atoms with Gasteiger partial charge in [-0.15, -0.1) is 10.2 Å². The normalized spacial score (nSPS) is 10.8. The van der Waals surface area contributed by atoms with Crippen molar-refractivity contribution in [2.75, 3.05) is 0 Å². The molecule has 0 aliphatic rings. The van der Waals surface area contributed by atoms with Gasteiger partial charge in [0.15, 0.2) is 0 Å². The third kappa shape index (κ3) is 0.958. The zero-order valence-electron chi connectivity index (χ0n) is 7.15. The second-order valence-corrected chi connectivity index (χ2v) is 2.69. The Morgan fingerprint density at radius 2 is 2.25 bits per heavy atom. The molecule has 0 saturated carbocycles. The van der Waals surface area contributed by atoms with E-state index in [2.05, 4.69) is 22.1 Å². The Kier molecular flexibility index (Phi) is 1.53. The van der Waals surface area contributed by atoms with Crippen molar-refractivity contribution in [2.24, 2.45) is 0 Å². The molecule has 0 amide bonds. The second kappa shape index (κ2) is 2.55. The fourth-order valence-corrected chi connectivity index (χ4v) is 1.13. The number of nitrogens with zero attached hydrogens (tertiary/aromatic N) is 4. The van der Waals surface area contributed by atoms with Crippen molar-refractivity contribution in [1.29, 1.82) is 0 Å². The summed E-state index contributed by atoms with van der Waals surface area (Å²) in [6.45, 7) is 3.98. The summed E-state index contributed by atoms with van der Waals surface area (Å²) in [6, 6.07) is 1.99. The number of hydrogen-bond acceptors (Lipinski definition) is 3. The zero-order valence-corrected chi connectivity index (χ0v) is 7.15. The van der Waals surface area contributed by atoms with Crippen LogP contribution >= 0.6 is 0 Å². The summed E-state index contributed by atoms with van der Waals surface area (Å²) in [7, 11) is 0. The van der Waals surface area contributed by atoms with Crippen molar-refractivity contribution in [1.82, 2.24) is 19.6 Å². The Labute approximate surface area is 70.3 Å². The molecule has 0 fully saturated rings. The van der Waals surface area contributed by atoms with Gasteiger partial charge in [0.2, 0.25) is 0 Å². The van der Waals surface area contributed by atoms with Gasteiger partial charge in [0.05, 0.1) is 0 Å². The van der Waals surface area contributed by atoms with Gasteiger partial charge in [-0.05, 0) is 19.4 Å². The maximum Gasteiger partial charge on any atom is 0.255 e. The number of rotatable bonds is 1. The van der Waals surface area contributed by atoms with Gasteiger partial charge in [-0.2, -0.15) is 0 Å². The molecular weight excluding hydrogens is 152 g/mol. The van der Waals surface area contributed by atoms with Crippen LogP contribution in [0.2, 0.25) is 0 Å². The predicted molar refractivity (Wildman–Crippen MR) is 44.9 cm³/mol. The van der Waals surface area contributed by atoms with E-state index in [1.165, 1.54) is 0 Å². The first-order chi connectivity index (χ1) is 5.81. The Morgan fingerprint density at radius 1 is 1.42 bits per heavy atom. The van der Waals surface area contributed by atoms with Crippen LogP contribution in [0.3, 0.4) is 0 Å². The highest BCUT2D eigenvalue weighted by molar-refractivity contribution is 5.28. The quantitative estimate of drug-likeness (QED) is 0.628. The van der Waals surface area contributed by atoms with Crippen LogP contribution in [-0.2, 0) is 6.42 Å². The van der Waals surface area contributed by atoms with Crippen LogP contribution in [0.1, 0.15) is 18.4 Å². The third-order valence-corrected chi connectivity index (χ3v) is 1.87. The molecule has 0 aromatic carbocycles. The number of aromatic nitrogens is 4. The van der Waals surface area contributed by atoms with Gasteiger partial charge in [0.1, 0.15) is 5.82 Å². The lowest BCUT2D eigenvalue weighted by Crippen LogP contribution is -1.94. The molecule has 0 unspecified atom stereocenters. The van der Waals surface area contributed by atoms with Crippen molar-refractivity contribution in [3.8, 4) is 0 Å². The molecule has 4 nitrogen and oxygen atoms in total. The minimum Gasteiger partial charge on any atom is -0.271 e. The minimum absolute atomic E-state index is 0.687. The molecular formula is C8H10N4. The topological polar surface area (TPSA) is 43.1 Å². The van der Waals surface area contributed by atoms with Crippen LogP contribution in [0.5, 0.6) is 0 Å². The maximum absolute atomic E-state index is 4.30.